The molecule has 6 nitrogen and oxygen atoms in total. The molecule has 2 aromatic heterocycles. The zero-order chi connectivity index (χ0) is 21.0. The van der Waals surface area contributed by atoms with Gasteiger partial charge < -0.3 is 10.6 Å². The van der Waals surface area contributed by atoms with E-state index in [2.05, 4.69) is 20.7 Å². The maximum absolute atomic E-state index is 12.6. The average molecular weight is 424 g/mol. The van der Waals surface area contributed by atoms with Gasteiger partial charge in [0.2, 0.25) is 0 Å². The molecular weight excluding hydrogens is 407 g/mol. The van der Waals surface area contributed by atoms with Gasteiger partial charge in [-0.05, 0) is 31.2 Å². The van der Waals surface area contributed by atoms with Gasteiger partial charge in [-0.3, -0.25) is 4.79 Å². The summed E-state index contributed by atoms with van der Waals surface area (Å²) in [6.45, 7) is 2.41. The fraction of sp³-hybridized carbons (Fsp3) is 0.211. The molecule has 152 valence electrons. The number of halogens is 4. The van der Waals surface area contributed by atoms with Crippen LogP contribution in [0.2, 0.25) is 5.02 Å². The van der Waals surface area contributed by atoms with Crippen molar-refractivity contribution in [3.8, 4) is 5.82 Å². The molecule has 10 heteroatoms. The predicted molar refractivity (Wildman–Crippen MR) is 106 cm³/mol. The molecule has 0 aliphatic carbocycles. The number of para-hydroxylation sites is 1. The number of anilines is 2. The van der Waals surface area contributed by atoms with Crippen LogP contribution in [0.5, 0.6) is 0 Å². The van der Waals surface area contributed by atoms with E-state index in [1.54, 1.807) is 0 Å². The van der Waals surface area contributed by atoms with Gasteiger partial charge in [0, 0.05) is 24.5 Å². The molecule has 0 fully saturated rings. The second kappa shape index (κ2) is 8.52. The van der Waals surface area contributed by atoms with Crippen molar-refractivity contribution in [2.24, 2.45) is 0 Å². The lowest BCUT2D eigenvalue weighted by atomic mass is 10.2. The van der Waals surface area contributed by atoms with Gasteiger partial charge in [0.1, 0.15) is 5.02 Å². The number of rotatable bonds is 6. The highest BCUT2D eigenvalue weighted by Crippen LogP contribution is 2.28. The predicted octanol–water partition coefficient (Wildman–Crippen LogP) is 4.21. The first-order valence-electron chi connectivity index (χ1n) is 8.62. The fourth-order valence-electron chi connectivity index (χ4n) is 2.53. The second-order valence-corrected chi connectivity index (χ2v) is 6.66. The van der Waals surface area contributed by atoms with Gasteiger partial charge in [-0.15, -0.1) is 0 Å². The summed E-state index contributed by atoms with van der Waals surface area (Å²) in [5, 5.41) is 10.2. The number of hydrogen-bond donors (Lipinski definition) is 2. The quantitative estimate of drug-likeness (QED) is 0.621. The lowest BCUT2D eigenvalue weighted by Gasteiger charge is -2.17. The molecule has 0 amide bonds. The summed E-state index contributed by atoms with van der Waals surface area (Å²) >= 11 is 6.13. The summed E-state index contributed by atoms with van der Waals surface area (Å²) in [7, 11) is 0. The Morgan fingerprint density at radius 2 is 1.86 bits per heavy atom. The Kier molecular flexibility index (Phi) is 6.07. The lowest BCUT2D eigenvalue weighted by molar-refractivity contribution is -0.137. The molecule has 0 radical (unpaired) electrons. The van der Waals surface area contributed by atoms with Gasteiger partial charge in [-0.1, -0.05) is 29.8 Å². The number of benzene rings is 1. The van der Waals surface area contributed by atoms with Crippen molar-refractivity contribution >= 4 is 23.0 Å². The van der Waals surface area contributed by atoms with Crippen LogP contribution in [0.1, 0.15) is 12.5 Å². The Morgan fingerprint density at radius 3 is 2.48 bits per heavy atom. The monoisotopic (exact) mass is 423 g/mol. The van der Waals surface area contributed by atoms with Gasteiger partial charge in [-0.2, -0.15) is 23.0 Å². The summed E-state index contributed by atoms with van der Waals surface area (Å²) in [5.74, 6) is -0.0597. The number of alkyl halides is 3. The largest absolute Gasteiger partial charge is 0.417 e. The van der Waals surface area contributed by atoms with Crippen LogP contribution >= 0.6 is 11.6 Å². The third kappa shape index (κ3) is 5.05. The minimum Gasteiger partial charge on any atom is -0.381 e. The van der Waals surface area contributed by atoms with Crippen LogP contribution in [0.15, 0.2) is 59.7 Å². The molecule has 29 heavy (non-hydrogen) atoms. The van der Waals surface area contributed by atoms with Crippen molar-refractivity contribution in [2.75, 3.05) is 17.2 Å². The van der Waals surface area contributed by atoms with Gasteiger partial charge in [-0.25, -0.2) is 4.98 Å². The van der Waals surface area contributed by atoms with Crippen LogP contribution in [0.25, 0.3) is 5.82 Å². The van der Waals surface area contributed by atoms with E-state index in [1.807, 2.05) is 37.3 Å². The second-order valence-electron chi connectivity index (χ2n) is 6.28. The molecule has 0 aliphatic heterocycles. The topological polar surface area (TPSA) is 71.8 Å². The van der Waals surface area contributed by atoms with E-state index in [0.29, 0.717) is 18.4 Å². The lowest BCUT2D eigenvalue weighted by Crippen LogP contribution is -2.27. The van der Waals surface area contributed by atoms with E-state index >= 15 is 0 Å². The normalized spacial score (nSPS) is 12.4. The molecule has 2 N–H and O–H groups in total. The Hall–Kier alpha value is -3.07. The zero-order valence-electron chi connectivity index (χ0n) is 15.2. The third-order valence-electron chi connectivity index (χ3n) is 4.00. The number of nitrogens with zero attached hydrogens (tertiary/aromatic N) is 3. The summed E-state index contributed by atoms with van der Waals surface area (Å²) < 4.78 is 38.8. The third-order valence-corrected chi connectivity index (χ3v) is 4.36. The molecule has 3 aromatic rings. The van der Waals surface area contributed by atoms with Crippen molar-refractivity contribution in [1.29, 1.82) is 0 Å². The van der Waals surface area contributed by atoms with Gasteiger partial charge in [0.15, 0.2) is 5.82 Å². The van der Waals surface area contributed by atoms with Gasteiger partial charge >= 0.3 is 6.18 Å². The summed E-state index contributed by atoms with van der Waals surface area (Å²) in [5.41, 5.74) is -0.331. The summed E-state index contributed by atoms with van der Waals surface area (Å²) in [4.78, 5) is 16.1. The molecule has 0 saturated carbocycles. The van der Waals surface area contributed by atoms with Crippen molar-refractivity contribution in [2.45, 2.75) is 19.1 Å². The Morgan fingerprint density at radius 1 is 1.14 bits per heavy atom. The summed E-state index contributed by atoms with van der Waals surface area (Å²) in [6, 6.07) is 11.5. The molecule has 1 aromatic carbocycles. The van der Waals surface area contributed by atoms with E-state index in [4.69, 9.17) is 11.6 Å². The maximum atomic E-state index is 12.6. The van der Waals surface area contributed by atoms with Crippen LogP contribution in [0, 0.1) is 0 Å². The molecule has 1 unspecified atom stereocenters. The molecule has 2 heterocycles. The van der Waals surface area contributed by atoms with E-state index in [9.17, 15) is 18.0 Å². The number of pyridine rings is 1. The van der Waals surface area contributed by atoms with Gasteiger partial charge in [0.05, 0.1) is 17.4 Å². The highest BCUT2D eigenvalue weighted by atomic mass is 35.5. The molecule has 0 saturated heterocycles. The van der Waals surface area contributed by atoms with E-state index in [1.165, 1.54) is 6.20 Å². The van der Waals surface area contributed by atoms with Crippen molar-refractivity contribution in [3.05, 3.63) is 75.8 Å². The first-order chi connectivity index (χ1) is 13.8. The van der Waals surface area contributed by atoms with Crippen molar-refractivity contribution in [1.82, 2.24) is 14.8 Å². The average Bonchev–Trinajstić information content (AvgIpc) is 2.69. The SMILES string of the molecule is CC(CNc1cnn(-c2ccc(C(F)(F)F)cn2)c(=O)c1Cl)Nc1ccccc1. The number of aromatic nitrogens is 3. The van der Waals surface area contributed by atoms with Crippen LogP contribution in [0.4, 0.5) is 24.5 Å². The molecule has 3 rings (SSSR count). The smallest absolute Gasteiger partial charge is 0.381 e. The van der Waals surface area contributed by atoms with E-state index < -0.39 is 17.3 Å². The highest BCUT2D eigenvalue weighted by molar-refractivity contribution is 6.32. The molecule has 0 aliphatic rings. The van der Waals surface area contributed by atoms with Crippen molar-refractivity contribution in [3.63, 3.8) is 0 Å². The van der Waals surface area contributed by atoms with Gasteiger partial charge in [0.25, 0.3) is 5.56 Å². The molecule has 0 spiro atoms. The molecule has 1 atom stereocenters. The number of nitrogens with one attached hydrogen (secondary N) is 2. The number of hydrogen-bond acceptors (Lipinski definition) is 5. The van der Waals surface area contributed by atoms with Crippen molar-refractivity contribution < 1.29 is 13.2 Å². The van der Waals surface area contributed by atoms with E-state index in [0.717, 1.165) is 22.5 Å². The minimum atomic E-state index is -4.51. The minimum absolute atomic E-state index is 0.0208. The van der Waals surface area contributed by atoms with Crippen LogP contribution in [0.3, 0.4) is 0 Å². The Balaban J connectivity index is 1.71. The maximum Gasteiger partial charge on any atom is 0.417 e. The van der Waals surface area contributed by atoms with Crippen LogP contribution < -0.4 is 16.2 Å². The Labute approximate surface area is 169 Å². The molecule has 0 bridgehead atoms. The standard InChI is InChI=1S/C19H17ClF3N5O/c1-12(27-14-5-3-2-4-6-14)9-24-15-11-26-28(18(29)17(15)20)16-8-7-13(10-25-16)19(21,22)23/h2-8,10-12,24,27H,9H2,1H3. The highest BCUT2D eigenvalue weighted by Gasteiger charge is 2.30. The Bertz CT molecular complexity index is 1020. The fourth-order valence-corrected chi connectivity index (χ4v) is 2.73. The first-order valence-corrected chi connectivity index (χ1v) is 9.00. The molecular formula is C19H17ClF3N5O. The zero-order valence-corrected chi connectivity index (χ0v) is 16.0. The summed E-state index contributed by atoms with van der Waals surface area (Å²) in [6.07, 6.45) is -2.54. The first kappa shape index (κ1) is 20.7. The van der Waals surface area contributed by atoms with Crippen LogP contribution in [-0.4, -0.2) is 27.4 Å². The van der Waals surface area contributed by atoms with Crippen LogP contribution in [-0.2, 0) is 6.18 Å². The van der Waals surface area contributed by atoms with E-state index in [-0.39, 0.29) is 16.9 Å².